The number of hydrogen-bond acceptors (Lipinski definition) is 6. The van der Waals surface area contributed by atoms with Gasteiger partial charge in [-0.05, 0) is 53.9 Å². The molecule has 0 fully saturated rings. The molecular formula is C27H22N2O5. The number of methoxy groups -OCH3 is 1. The highest BCUT2D eigenvalue weighted by Crippen LogP contribution is 2.42. The average Bonchev–Trinajstić information content (AvgIpc) is 3.43. The number of para-hydroxylation sites is 1. The Morgan fingerprint density at radius 3 is 2.53 bits per heavy atom. The first kappa shape index (κ1) is 21.5. The number of hydrogen-bond donors (Lipinski definition) is 1. The highest BCUT2D eigenvalue weighted by Gasteiger charge is 2.45. The summed E-state index contributed by atoms with van der Waals surface area (Å²) in [5, 5.41) is 11.6. The molecule has 0 aliphatic carbocycles. The minimum absolute atomic E-state index is 0.0103. The summed E-state index contributed by atoms with van der Waals surface area (Å²) in [7, 11) is 1.52. The number of ether oxygens (including phenoxy) is 1. The Bertz CT molecular complexity index is 1420. The van der Waals surface area contributed by atoms with Crippen molar-refractivity contribution < 1.29 is 23.8 Å². The molecule has 1 aliphatic rings. The third-order valence-electron chi connectivity index (χ3n) is 6.05. The van der Waals surface area contributed by atoms with Crippen LogP contribution in [0.4, 0.5) is 5.69 Å². The van der Waals surface area contributed by atoms with Gasteiger partial charge in [-0.1, -0.05) is 31.2 Å². The Labute approximate surface area is 195 Å². The van der Waals surface area contributed by atoms with Gasteiger partial charge in [0.05, 0.1) is 18.7 Å². The van der Waals surface area contributed by atoms with Gasteiger partial charge in [0, 0.05) is 23.5 Å². The maximum absolute atomic E-state index is 13.7. The fourth-order valence-electron chi connectivity index (χ4n) is 4.30. The van der Waals surface area contributed by atoms with Gasteiger partial charge in [0.1, 0.15) is 0 Å². The quantitative estimate of drug-likeness (QED) is 0.404. The second kappa shape index (κ2) is 8.51. The van der Waals surface area contributed by atoms with E-state index in [1.165, 1.54) is 12.0 Å². The maximum atomic E-state index is 13.7. The standard InChI is InChI=1S/C27H22N2O5/c1-3-16-7-9-19(10-8-16)29-23(17-11-13-28-14-12-17)22(25(31)27(29)32)24(30)21-15-18-5-4-6-20(33-2)26(18)34-21/h4-15,23,31H,3H2,1-2H3. The summed E-state index contributed by atoms with van der Waals surface area (Å²) < 4.78 is 11.2. The molecular weight excluding hydrogens is 432 g/mol. The van der Waals surface area contributed by atoms with Crippen molar-refractivity contribution in [3.63, 3.8) is 0 Å². The third-order valence-corrected chi connectivity index (χ3v) is 6.05. The Morgan fingerprint density at radius 1 is 1.12 bits per heavy atom. The molecule has 0 bridgehead atoms. The molecule has 170 valence electrons. The van der Waals surface area contributed by atoms with E-state index in [0.29, 0.717) is 28.0 Å². The zero-order valence-corrected chi connectivity index (χ0v) is 18.7. The second-order valence-electron chi connectivity index (χ2n) is 7.96. The number of fused-ring (bicyclic) bond motifs is 1. The van der Waals surface area contributed by atoms with Crippen LogP contribution in [0, 0.1) is 0 Å². The van der Waals surface area contributed by atoms with Crippen LogP contribution in [-0.4, -0.2) is 28.9 Å². The lowest BCUT2D eigenvalue weighted by Gasteiger charge is -2.26. The van der Waals surface area contributed by atoms with Gasteiger partial charge in [-0.2, -0.15) is 0 Å². The van der Waals surface area contributed by atoms with E-state index < -0.39 is 23.5 Å². The molecule has 1 amide bonds. The smallest absolute Gasteiger partial charge is 0.294 e. The van der Waals surface area contributed by atoms with Gasteiger partial charge in [0.2, 0.25) is 5.78 Å². The number of aliphatic hydroxyl groups is 1. The second-order valence-corrected chi connectivity index (χ2v) is 7.96. The summed E-state index contributed by atoms with van der Waals surface area (Å²) in [6.07, 6.45) is 4.02. The number of Topliss-reactive ketones (excluding diaryl/α,β-unsaturated/α-hetero) is 1. The topological polar surface area (TPSA) is 92.9 Å². The van der Waals surface area contributed by atoms with Crippen molar-refractivity contribution in [3.05, 3.63) is 101 Å². The largest absolute Gasteiger partial charge is 0.503 e. The molecule has 0 spiro atoms. The molecule has 4 aromatic rings. The highest BCUT2D eigenvalue weighted by molar-refractivity contribution is 6.20. The van der Waals surface area contributed by atoms with Crippen molar-refractivity contribution in [2.24, 2.45) is 0 Å². The number of amides is 1. The first-order valence-electron chi connectivity index (χ1n) is 10.9. The first-order valence-corrected chi connectivity index (χ1v) is 10.9. The van der Waals surface area contributed by atoms with Crippen LogP contribution in [0.3, 0.4) is 0 Å². The van der Waals surface area contributed by atoms with Crippen LogP contribution < -0.4 is 9.64 Å². The normalized spacial score (nSPS) is 15.9. The molecule has 7 nitrogen and oxygen atoms in total. The molecule has 5 rings (SSSR count). The van der Waals surface area contributed by atoms with E-state index in [1.807, 2.05) is 31.2 Å². The van der Waals surface area contributed by atoms with E-state index in [4.69, 9.17) is 9.15 Å². The lowest BCUT2D eigenvalue weighted by molar-refractivity contribution is -0.117. The maximum Gasteiger partial charge on any atom is 0.294 e. The lowest BCUT2D eigenvalue weighted by atomic mass is 9.95. The van der Waals surface area contributed by atoms with Crippen molar-refractivity contribution >= 4 is 28.3 Å². The monoisotopic (exact) mass is 454 g/mol. The lowest BCUT2D eigenvalue weighted by Crippen LogP contribution is -2.31. The zero-order chi connectivity index (χ0) is 23.8. The number of nitrogens with zero attached hydrogens (tertiary/aromatic N) is 2. The summed E-state index contributed by atoms with van der Waals surface area (Å²) in [6, 6.07) is 17.0. The molecule has 3 heterocycles. The highest BCUT2D eigenvalue weighted by atomic mass is 16.5. The van der Waals surface area contributed by atoms with Gasteiger partial charge in [-0.15, -0.1) is 0 Å². The average molecular weight is 454 g/mol. The number of rotatable bonds is 6. The molecule has 0 saturated heterocycles. The summed E-state index contributed by atoms with van der Waals surface area (Å²) >= 11 is 0. The van der Waals surface area contributed by atoms with Gasteiger partial charge < -0.3 is 14.3 Å². The number of pyridine rings is 1. The summed E-state index contributed by atoms with van der Waals surface area (Å²) in [5.74, 6) is -1.32. The minimum atomic E-state index is -0.842. The fourth-order valence-corrected chi connectivity index (χ4v) is 4.30. The van der Waals surface area contributed by atoms with Crippen LogP contribution >= 0.6 is 0 Å². The Kier molecular flexibility index (Phi) is 5.37. The van der Waals surface area contributed by atoms with Gasteiger partial charge in [-0.25, -0.2) is 0 Å². The van der Waals surface area contributed by atoms with E-state index in [2.05, 4.69) is 4.98 Å². The number of aromatic nitrogens is 1. The number of aliphatic hydroxyl groups excluding tert-OH is 1. The number of carbonyl (C=O) groups excluding carboxylic acids is 2. The number of ketones is 1. The van der Waals surface area contributed by atoms with Gasteiger partial charge in [0.15, 0.2) is 22.9 Å². The summed E-state index contributed by atoms with van der Waals surface area (Å²) in [5.41, 5.74) is 2.70. The molecule has 1 N–H and O–H groups in total. The van der Waals surface area contributed by atoms with Crippen molar-refractivity contribution in [3.8, 4) is 5.75 Å². The summed E-state index contributed by atoms with van der Waals surface area (Å²) in [4.78, 5) is 32.4. The molecule has 34 heavy (non-hydrogen) atoms. The van der Waals surface area contributed by atoms with Crippen molar-refractivity contribution in [1.82, 2.24) is 4.98 Å². The van der Waals surface area contributed by atoms with E-state index in [0.717, 1.165) is 12.0 Å². The number of carbonyl (C=O) groups is 2. The zero-order valence-electron chi connectivity index (χ0n) is 18.7. The molecule has 0 saturated carbocycles. The molecule has 7 heteroatoms. The van der Waals surface area contributed by atoms with Crippen LogP contribution in [0.1, 0.15) is 34.6 Å². The summed E-state index contributed by atoms with van der Waals surface area (Å²) in [6.45, 7) is 2.04. The predicted octanol–water partition coefficient (Wildman–Crippen LogP) is 5.18. The molecule has 2 aromatic carbocycles. The number of benzene rings is 2. The molecule has 2 aromatic heterocycles. The van der Waals surface area contributed by atoms with Gasteiger partial charge in [-0.3, -0.25) is 19.5 Å². The Balaban J connectivity index is 1.64. The van der Waals surface area contributed by atoms with Crippen molar-refractivity contribution in [2.45, 2.75) is 19.4 Å². The molecule has 1 atom stereocenters. The molecule has 1 unspecified atom stereocenters. The van der Waals surface area contributed by atoms with Crippen LogP contribution in [0.25, 0.3) is 11.0 Å². The van der Waals surface area contributed by atoms with Gasteiger partial charge >= 0.3 is 0 Å². The van der Waals surface area contributed by atoms with E-state index in [9.17, 15) is 14.7 Å². The van der Waals surface area contributed by atoms with Crippen LogP contribution in [0.5, 0.6) is 5.75 Å². The van der Waals surface area contributed by atoms with Crippen LogP contribution in [0.15, 0.2) is 88.8 Å². The van der Waals surface area contributed by atoms with Crippen LogP contribution in [0.2, 0.25) is 0 Å². The van der Waals surface area contributed by atoms with E-state index in [-0.39, 0.29) is 11.3 Å². The van der Waals surface area contributed by atoms with Crippen molar-refractivity contribution in [1.29, 1.82) is 0 Å². The van der Waals surface area contributed by atoms with Crippen molar-refractivity contribution in [2.75, 3.05) is 12.0 Å². The number of aryl methyl sites for hydroxylation is 1. The Hall–Kier alpha value is -4.39. The molecule has 0 radical (unpaired) electrons. The van der Waals surface area contributed by atoms with Crippen LogP contribution in [-0.2, 0) is 11.2 Å². The minimum Gasteiger partial charge on any atom is -0.503 e. The fraction of sp³-hybridized carbons (Fsp3) is 0.148. The third kappa shape index (κ3) is 3.42. The Morgan fingerprint density at radius 2 is 1.85 bits per heavy atom. The number of furan rings is 1. The predicted molar refractivity (Wildman–Crippen MR) is 127 cm³/mol. The number of anilines is 1. The molecule has 1 aliphatic heterocycles. The van der Waals surface area contributed by atoms with E-state index >= 15 is 0 Å². The van der Waals surface area contributed by atoms with Gasteiger partial charge in [0.25, 0.3) is 5.91 Å². The SMILES string of the molecule is CCc1ccc(N2C(=O)C(O)=C(C(=O)c3cc4cccc(OC)c4o3)C2c2ccncc2)cc1. The van der Waals surface area contributed by atoms with E-state index in [1.54, 1.807) is 48.8 Å². The first-order chi connectivity index (χ1) is 16.5.